The fourth-order valence-corrected chi connectivity index (χ4v) is 3.76. The van der Waals surface area contributed by atoms with Crippen molar-refractivity contribution in [3.8, 4) is 0 Å². The van der Waals surface area contributed by atoms with Crippen LogP contribution in [0.2, 0.25) is 0 Å². The molecule has 0 amide bonds. The van der Waals surface area contributed by atoms with Crippen molar-refractivity contribution < 1.29 is 9.50 Å². The summed E-state index contributed by atoms with van der Waals surface area (Å²) in [5.74, 6) is -0.204. The van der Waals surface area contributed by atoms with Crippen molar-refractivity contribution in [2.75, 3.05) is 39.3 Å². The van der Waals surface area contributed by atoms with E-state index in [4.69, 9.17) is 0 Å². The highest BCUT2D eigenvalue weighted by Gasteiger charge is 2.35. The van der Waals surface area contributed by atoms with E-state index in [0.29, 0.717) is 0 Å². The average Bonchev–Trinajstić information content (AvgIpc) is 3.01. The molecule has 2 saturated heterocycles. The number of nitrogens with zero attached hydrogens (tertiary/aromatic N) is 2. The highest BCUT2D eigenvalue weighted by Crippen LogP contribution is 2.24. The van der Waals surface area contributed by atoms with Crippen LogP contribution in [0.25, 0.3) is 6.08 Å². The number of rotatable bonds is 5. The zero-order chi connectivity index (χ0) is 16.1. The number of β-amino-alcohol motifs (C(OH)–C–C–N with tert-alkyl or cyclic N) is 1. The minimum absolute atomic E-state index is 0.204. The Morgan fingerprint density at radius 2 is 1.74 bits per heavy atom. The van der Waals surface area contributed by atoms with E-state index in [2.05, 4.69) is 15.9 Å². The average molecular weight is 318 g/mol. The molecule has 0 radical (unpaired) electrons. The molecule has 1 atom stereocenters. The number of benzene rings is 1. The van der Waals surface area contributed by atoms with Crippen molar-refractivity contribution in [1.82, 2.24) is 9.80 Å². The van der Waals surface area contributed by atoms with Crippen LogP contribution in [0.15, 0.2) is 30.3 Å². The summed E-state index contributed by atoms with van der Waals surface area (Å²) in [5.41, 5.74) is 0.447. The number of hydrogen-bond donors (Lipinski definition) is 1. The van der Waals surface area contributed by atoms with E-state index >= 15 is 0 Å². The van der Waals surface area contributed by atoms with Crippen LogP contribution in [0, 0.1) is 5.82 Å². The highest BCUT2D eigenvalue weighted by atomic mass is 19.1. The van der Waals surface area contributed by atoms with E-state index in [-0.39, 0.29) is 5.82 Å². The predicted molar refractivity (Wildman–Crippen MR) is 91.7 cm³/mol. The third-order valence-electron chi connectivity index (χ3n) is 4.89. The molecule has 4 heteroatoms. The zero-order valence-electron chi connectivity index (χ0n) is 13.8. The molecule has 0 spiro atoms. The molecule has 1 aromatic rings. The summed E-state index contributed by atoms with van der Waals surface area (Å²) in [4.78, 5) is 4.72. The van der Waals surface area contributed by atoms with Crippen LogP contribution in [-0.4, -0.2) is 59.8 Å². The van der Waals surface area contributed by atoms with Gasteiger partial charge in [-0.15, -0.1) is 0 Å². The minimum Gasteiger partial charge on any atom is -0.387 e. The minimum atomic E-state index is -0.563. The lowest BCUT2D eigenvalue weighted by Crippen LogP contribution is -2.53. The number of aliphatic hydroxyl groups is 1. The number of likely N-dealkylation sites (tertiary alicyclic amines) is 2. The van der Waals surface area contributed by atoms with Gasteiger partial charge < -0.3 is 10.0 Å². The number of hydrogen-bond acceptors (Lipinski definition) is 3. The van der Waals surface area contributed by atoms with Crippen molar-refractivity contribution in [1.29, 1.82) is 0 Å². The summed E-state index contributed by atoms with van der Waals surface area (Å²) in [6.07, 6.45) is 8.61. The van der Waals surface area contributed by atoms with Gasteiger partial charge in [0.15, 0.2) is 0 Å². The van der Waals surface area contributed by atoms with Crippen LogP contribution in [0.4, 0.5) is 4.39 Å². The summed E-state index contributed by atoms with van der Waals surface area (Å²) < 4.78 is 12.9. The lowest BCUT2D eigenvalue weighted by molar-refractivity contribution is -0.0469. The van der Waals surface area contributed by atoms with Crippen molar-refractivity contribution in [3.63, 3.8) is 0 Å². The Kier molecular flexibility index (Phi) is 5.46. The standard InChI is InChI=1S/C19H27FN2O/c20-18-8-6-17(7-9-18)5-3-13-22-14-4-10-19(23,16-22)15-21-11-1-2-12-21/h3,5-9,23H,1-2,4,10-16H2/b5-3+. The number of piperidine rings is 1. The Labute approximate surface area is 138 Å². The molecule has 23 heavy (non-hydrogen) atoms. The van der Waals surface area contributed by atoms with Gasteiger partial charge in [0.1, 0.15) is 5.82 Å². The van der Waals surface area contributed by atoms with Crippen LogP contribution in [-0.2, 0) is 0 Å². The highest BCUT2D eigenvalue weighted by molar-refractivity contribution is 5.48. The molecule has 2 aliphatic heterocycles. The fourth-order valence-electron chi connectivity index (χ4n) is 3.76. The Hall–Kier alpha value is -1.23. The third kappa shape index (κ3) is 4.87. The lowest BCUT2D eigenvalue weighted by Gasteiger charge is -2.40. The molecular weight excluding hydrogens is 291 g/mol. The molecule has 1 N–H and O–H groups in total. The molecular formula is C19H27FN2O. The van der Waals surface area contributed by atoms with Crippen LogP contribution in [0.1, 0.15) is 31.2 Å². The van der Waals surface area contributed by atoms with Gasteiger partial charge in [0.25, 0.3) is 0 Å². The van der Waals surface area contributed by atoms with Crippen molar-refractivity contribution >= 4 is 6.08 Å². The fraction of sp³-hybridized carbons (Fsp3) is 0.579. The van der Waals surface area contributed by atoms with Gasteiger partial charge in [-0.2, -0.15) is 0 Å². The monoisotopic (exact) mass is 318 g/mol. The van der Waals surface area contributed by atoms with Gasteiger partial charge in [0.2, 0.25) is 0 Å². The molecule has 3 rings (SSSR count). The predicted octanol–water partition coefficient (Wildman–Crippen LogP) is 2.76. The molecule has 0 aromatic heterocycles. The summed E-state index contributed by atoms with van der Waals surface area (Å²) in [6, 6.07) is 6.53. The van der Waals surface area contributed by atoms with E-state index < -0.39 is 5.60 Å². The molecule has 0 aliphatic carbocycles. The summed E-state index contributed by atoms with van der Waals surface area (Å²) in [5, 5.41) is 10.9. The van der Waals surface area contributed by atoms with Crippen molar-refractivity contribution in [2.24, 2.45) is 0 Å². The summed E-state index contributed by atoms with van der Waals surface area (Å²) >= 11 is 0. The molecule has 2 heterocycles. The quantitative estimate of drug-likeness (QED) is 0.904. The van der Waals surface area contributed by atoms with E-state index in [1.807, 2.05) is 6.08 Å². The SMILES string of the molecule is OC1(CN2CCCC2)CCCN(C/C=C/c2ccc(F)cc2)C1. The normalized spacial score (nSPS) is 27.0. The second-order valence-electron chi connectivity index (χ2n) is 7.00. The third-order valence-corrected chi connectivity index (χ3v) is 4.89. The van der Waals surface area contributed by atoms with Crippen LogP contribution in [0.3, 0.4) is 0 Å². The summed E-state index contributed by atoms with van der Waals surface area (Å²) in [7, 11) is 0. The molecule has 2 aliphatic rings. The van der Waals surface area contributed by atoms with Gasteiger partial charge in [0.05, 0.1) is 5.60 Å². The van der Waals surface area contributed by atoms with Gasteiger partial charge in [0, 0.05) is 19.6 Å². The van der Waals surface area contributed by atoms with E-state index in [1.54, 1.807) is 12.1 Å². The van der Waals surface area contributed by atoms with E-state index in [1.165, 1.54) is 25.0 Å². The first-order chi connectivity index (χ1) is 11.1. The first kappa shape index (κ1) is 16.6. The molecule has 0 saturated carbocycles. The van der Waals surface area contributed by atoms with Gasteiger partial charge in [-0.1, -0.05) is 24.3 Å². The Balaban J connectivity index is 1.50. The Bertz CT molecular complexity index is 525. The molecule has 0 bridgehead atoms. The lowest BCUT2D eigenvalue weighted by atomic mass is 9.92. The smallest absolute Gasteiger partial charge is 0.123 e. The molecule has 1 unspecified atom stereocenters. The molecule has 126 valence electrons. The largest absolute Gasteiger partial charge is 0.387 e. The van der Waals surface area contributed by atoms with Gasteiger partial charge in [-0.3, -0.25) is 4.90 Å². The second kappa shape index (κ2) is 7.56. The number of halogens is 1. The van der Waals surface area contributed by atoms with Crippen LogP contribution < -0.4 is 0 Å². The Morgan fingerprint density at radius 1 is 1.04 bits per heavy atom. The van der Waals surface area contributed by atoms with Crippen LogP contribution in [0.5, 0.6) is 0 Å². The van der Waals surface area contributed by atoms with Crippen molar-refractivity contribution in [2.45, 2.75) is 31.3 Å². The summed E-state index contributed by atoms with van der Waals surface area (Å²) in [6.45, 7) is 5.69. The topological polar surface area (TPSA) is 26.7 Å². The first-order valence-electron chi connectivity index (χ1n) is 8.72. The molecule has 2 fully saturated rings. The van der Waals surface area contributed by atoms with E-state index in [0.717, 1.165) is 57.7 Å². The second-order valence-corrected chi connectivity index (χ2v) is 7.00. The van der Waals surface area contributed by atoms with Gasteiger partial charge >= 0.3 is 0 Å². The first-order valence-corrected chi connectivity index (χ1v) is 8.72. The van der Waals surface area contributed by atoms with E-state index in [9.17, 15) is 9.50 Å². The van der Waals surface area contributed by atoms with Crippen molar-refractivity contribution in [3.05, 3.63) is 41.7 Å². The zero-order valence-corrected chi connectivity index (χ0v) is 13.8. The maximum Gasteiger partial charge on any atom is 0.123 e. The molecule has 3 nitrogen and oxygen atoms in total. The van der Waals surface area contributed by atoms with Gasteiger partial charge in [-0.05, 0) is 63.0 Å². The molecule has 1 aromatic carbocycles. The van der Waals surface area contributed by atoms with Gasteiger partial charge in [-0.25, -0.2) is 4.39 Å². The maximum absolute atomic E-state index is 12.9. The Morgan fingerprint density at radius 3 is 2.48 bits per heavy atom. The van der Waals surface area contributed by atoms with Crippen LogP contribution >= 0.6 is 0 Å². The maximum atomic E-state index is 12.9.